The Morgan fingerprint density at radius 1 is 1.35 bits per heavy atom. The molecule has 6 heteroatoms. The van der Waals surface area contributed by atoms with Crippen molar-refractivity contribution in [1.82, 2.24) is 5.32 Å². The first-order valence-electron chi connectivity index (χ1n) is 4.83. The number of carboxylic acids is 1. The van der Waals surface area contributed by atoms with Gasteiger partial charge < -0.3 is 16.0 Å². The Morgan fingerprint density at radius 3 is 2.35 bits per heavy atom. The van der Waals surface area contributed by atoms with Crippen molar-refractivity contribution in [2.75, 3.05) is 0 Å². The van der Waals surface area contributed by atoms with Crippen molar-refractivity contribution in [3.63, 3.8) is 0 Å². The summed E-state index contributed by atoms with van der Waals surface area (Å²) in [6, 6.07) is 6.90. The number of carbonyl (C=O) groups is 2. The van der Waals surface area contributed by atoms with Gasteiger partial charge in [0.2, 0.25) is 11.9 Å². The monoisotopic (exact) mass is 233 g/mol. The summed E-state index contributed by atoms with van der Waals surface area (Å²) in [6.07, 6.45) is 0. The number of carboxylic acid groups (broad SMARTS) is 1. The molecule has 6 nitrogen and oxygen atoms in total. The Bertz CT molecular complexity index is 478. The Kier molecular flexibility index (Phi) is 4.14. The van der Waals surface area contributed by atoms with Crippen molar-refractivity contribution in [3.05, 3.63) is 41.4 Å². The van der Waals surface area contributed by atoms with E-state index < -0.39 is 17.9 Å². The van der Waals surface area contributed by atoms with Gasteiger partial charge in [0.1, 0.15) is 0 Å². The first-order chi connectivity index (χ1) is 8.06. The molecule has 0 heterocycles. The van der Waals surface area contributed by atoms with Crippen LogP contribution in [0.4, 0.5) is 0 Å². The van der Waals surface area contributed by atoms with E-state index >= 15 is 0 Å². The molecular weight excluding hydrogens is 222 g/mol. The molecule has 2 N–H and O–H groups in total. The van der Waals surface area contributed by atoms with Gasteiger partial charge in [0.15, 0.2) is 0 Å². The molecule has 0 bridgehead atoms. The van der Waals surface area contributed by atoms with Gasteiger partial charge in [0.25, 0.3) is 0 Å². The Hall–Kier alpha value is -2.46. The van der Waals surface area contributed by atoms with Crippen LogP contribution in [-0.4, -0.2) is 33.5 Å². The van der Waals surface area contributed by atoms with Crippen LogP contribution in [0, 0.1) is 0 Å². The molecule has 0 aliphatic carbocycles. The topological polar surface area (TPSA) is 103 Å². The number of nitrogens with zero attached hydrogens (tertiary/aromatic N) is 2. The zero-order valence-corrected chi connectivity index (χ0v) is 9.12. The SMILES string of the molecule is CC(=O)N[C@H](C(=O)O)C(=[N+]=[N-])c1ccccc1. The minimum Gasteiger partial charge on any atom is -0.479 e. The van der Waals surface area contributed by atoms with E-state index in [-0.39, 0.29) is 5.71 Å². The maximum Gasteiger partial charge on any atom is 0.338 e. The second-order valence-electron chi connectivity index (χ2n) is 3.32. The third-order valence-electron chi connectivity index (χ3n) is 2.05. The van der Waals surface area contributed by atoms with Crippen molar-refractivity contribution in [3.8, 4) is 0 Å². The van der Waals surface area contributed by atoms with Gasteiger partial charge >= 0.3 is 11.7 Å². The molecule has 1 atom stereocenters. The van der Waals surface area contributed by atoms with Crippen LogP contribution in [0.25, 0.3) is 5.53 Å². The molecule has 1 aromatic carbocycles. The summed E-state index contributed by atoms with van der Waals surface area (Å²) in [5.74, 6) is -1.81. The molecule has 88 valence electrons. The maximum atomic E-state index is 11.0. The standard InChI is InChI=1S/C11H11N3O3/c1-7(15)13-10(11(16)17)9(14-12)8-5-3-2-4-6-8/h2-6,10H,1H3,(H,13,15)(H,16,17)/t10-/m0/s1. The highest BCUT2D eigenvalue weighted by Crippen LogP contribution is 2.03. The number of aliphatic carboxylic acids is 1. The highest BCUT2D eigenvalue weighted by molar-refractivity contribution is 6.13. The van der Waals surface area contributed by atoms with E-state index in [1.807, 2.05) is 0 Å². The smallest absolute Gasteiger partial charge is 0.338 e. The lowest BCUT2D eigenvalue weighted by molar-refractivity contribution is -0.140. The summed E-state index contributed by atoms with van der Waals surface area (Å²) >= 11 is 0. The minimum atomic E-state index is -1.38. The second kappa shape index (κ2) is 5.58. The van der Waals surface area contributed by atoms with Gasteiger partial charge in [-0.1, -0.05) is 18.2 Å². The van der Waals surface area contributed by atoms with Gasteiger partial charge in [-0.2, -0.15) is 4.79 Å². The third-order valence-corrected chi connectivity index (χ3v) is 2.05. The van der Waals surface area contributed by atoms with E-state index in [0.717, 1.165) is 0 Å². The fraction of sp³-hybridized carbons (Fsp3) is 0.182. The summed E-state index contributed by atoms with van der Waals surface area (Å²) in [4.78, 5) is 24.9. The predicted molar refractivity (Wildman–Crippen MR) is 59.4 cm³/mol. The molecule has 0 aromatic heterocycles. The molecule has 17 heavy (non-hydrogen) atoms. The Balaban J connectivity index is 3.12. The van der Waals surface area contributed by atoms with Crippen LogP contribution in [0.2, 0.25) is 0 Å². The lowest BCUT2D eigenvalue weighted by Crippen LogP contribution is -2.46. The van der Waals surface area contributed by atoms with Crippen LogP contribution in [0.5, 0.6) is 0 Å². The van der Waals surface area contributed by atoms with Gasteiger partial charge in [0.05, 0.1) is 5.56 Å². The van der Waals surface area contributed by atoms with E-state index in [2.05, 4.69) is 10.1 Å². The number of carbonyl (C=O) groups excluding carboxylic acids is 1. The first kappa shape index (κ1) is 12.6. The molecule has 0 spiro atoms. The summed E-state index contributed by atoms with van der Waals surface area (Å²) in [6.45, 7) is 1.19. The van der Waals surface area contributed by atoms with Gasteiger partial charge in [-0.3, -0.25) is 4.79 Å². The molecular formula is C11H11N3O3. The minimum absolute atomic E-state index is 0.117. The largest absolute Gasteiger partial charge is 0.479 e. The average molecular weight is 233 g/mol. The van der Waals surface area contributed by atoms with Crippen molar-refractivity contribution in [2.45, 2.75) is 13.0 Å². The van der Waals surface area contributed by atoms with E-state index in [0.29, 0.717) is 5.56 Å². The van der Waals surface area contributed by atoms with Crippen LogP contribution < -0.4 is 5.32 Å². The number of hydrogen-bond acceptors (Lipinski definition) is 2. The van der Waals surface area contributed by atoms with Crippen molar-refractivity contribution in [2.24, 2.45) is 0 Å². The van der Waals surface area contributed by atoms with Crippen LogP contribution in [0.3, 0.4) is 0 Å². The molecule has 1 aromatic rings. The van der Waals surface area contributed by atoms with Gasteiger partial charge in [-0.05, 0) is 12.1 Å². The maximum absolute atomic E-state index is 11.0. The van der Waals surface area contributed by atoms with E-state index in [9.17, 15) is 9.59 Å². The zero-order chi connectivity index (χ0) is 12.8. The van der Waals surface area contributed by atoms with Crippen LogP contribution in [0.15, 0.2) is 30.3 Å². The quantitative estimate of drug-likeness (QED) is 0.444. The Morgan fingerprint density at radius 2 is 1.94 bits per heavy atom. The molecule has 0 saturated carbocycles. The van der Waals surface area contributed by atoms with Crippen molar-refractivity contribution in [1.29, 1.82) is 0 Å². The summed E-state index contributed by atoms with van der Waals surface area (Å²) < 4.78 is 0. The number of nitrogens with one attached hydrogen (secondary N) is 1. The summed E-state index contributed by atoms with van der Waals surface area (Å²) in [5, 5.41) is 11.2. The fourth-order valence-electron chi connectivity index (χ4n) is 1.34. The van der Waals surface area contributed by atoms with Crippen LogP contribution in [0.1, 0.15) is 12.5 Å². The number of hydrogen-bond donors (Lipinski definition) is 2. The lowest BCUT2D eigenvalue weighted by Gasteiger charge is -2.08. The number of benzene rings is 1. The van der Waals surface area contributed by atoms with Crippen molar-refractivity contribution >= 4 is 17.6 Å². The number of amides is 1. The molecule has 0 radical (unpaired) electrons. The summed E-state index contributed by atoms with van der Waals surface area (Å²) in [7, 11) is 0. The normalized spacial score (nSPS) is 11.1. The first-order valence-corrected chi connectivity index (χ1v) is 4.83. The summed E-state index contributed by atoms with van der Waals surface area (Å²) in [5.41, 5.74) is 9.19. The van der Waals surface area contributed by atoms with Gasteiger partial charge in [0, 0.05) is 6.92 Å². The molecule has 0 fully saturated rings. The fourth-order valence-corrected chi connectivity index (χ4v) is 1.34. The molecule has 0 unspecified atom stereocenters. The molecule has 0 saturated heterocycles. The van der Waals surface area contributed by atoms with E-state index in [1.54, 1.807) is 30.3 Å². The van der Waals surface area contributed by atoms with Crippen molar-refractivity contribution < 1.29 is 19.5 Å². The molecule has 1 rings (SSSR count). The highest BCUT2D eigenvalue weighted by atomic mass is 16.4. The van der Waals surface area contributed by atoms with Crippen LogP contribution >= 0.6 is 0 Å². The third kappa shape index (κ3) is 3.25. The molecule has 1 amide bonds. The second-order valence-corrected chi connectivity index (χ2v) is 3.32. The molecule has 0 aliphatic rings. The van der Waals surface area contributed by atoms with Gasteiger partial charge in [-0.15, -0.1) is 0 Å². The van der Waals surface area contributed by atoms with E-state index in [1.165, 1.54) is 6.92 Å². The average Bonchev–Trinajstić information content (AvgIpc) is 2.29. The number of rotatable bonds is 4. The van der Waals surface area contributed by atoms with Gasteiger partial charge in [-0.25, -0.2) is 4.79 Å². The molecule has 0 aliphatic heterocycles. The predicted octanol–water partition coefficient (Wildman–Crippen LogP) is 0.295. The van der Waals surface area contributed by atoms with Crippen LogP contribution in [-0.2, 0) is 9.59 Å². The Labute approximate surface area is 97.5 Å². The lowest BCUT2D eigenvalue weighted by atomic mass is 10.0. The highest BCUT2D eigenvalue weighted by Gasteiger charge is 2.32. The zero-order valence-electron chi connectivity index (χ0n) is 9.12. The van der Waals surface area contributed by atoms with E-state index in [4.69, 9.17) is 10.6 Å².